The highest BCUT2D eigenvalue weighted by Gasteiger charge is 2.04. The van der Waals surface area contributed by atoms with Gasteiger partial charge in [-0.15, -0.1) is 0 Å². The zero-order chi connectivity index (χ0) is 10.7. The highest BCUT2D eigenvalue weighted by molar-refractivity contribution is 5.83. The van der Waals surface area contributed by atoms with Gasteiger partial charge in [0.25, 0.3) is 0 Å². The normalized spacial score (nSPS) is 11.1. The van der Waals surface area contributed by atoms with Crippen molar-refractivity contribution in [1.29, 1.82) is 0 Å². The zero-order valence-corrected chi connectivity index (χ0v) is 9.36. The van der Waals surface area contributed by atoms with E-state index in [-0.39, 0.29) is 0 Å². The lowest BCUT2D eigenvalue weighted by atomic mass is 10.1. The minimum atomic E-state index is 0.766. The smallest absolute Gasteiger partial charge is 0.0641 e. The topological polar surface area (TPSA) is 14.2 Å². The third kappa shape index (κ3) is 1.90. The Balaban J connectivity index is 2.46. The number of hydrogen-bond donors (Lipinski definition) is 0. The molecule has 80 valence electrons. The average Bonchev–Trinajstić information content (AvgIpc) is 2.69. The standard InChI is InChI=1S/C13H17NO/c1-3-11-5-4-6-12-7-8-14(13(11)12)9-10-15-2/h4-8H,3,9-10H2,1-2H3. The highest BCUT2D eigenvalue weighted by atomic mass is 16.5. The minimum absolute atomic E-state index is 0.766. The lowest BCUT2D eigenvalue weighted by Gasteiger charge is -2.07. The molecule has 2 nitrogen and oxygen atoms in total. The minimum Gasteiger partial charge on any atom is -0.383 e. The van der Waals surface area contributed by atoms with Gasteiger partial charge in [0.15, 0.2) is 0 Å². The summed E-state index contributed by atoms with van der Waals surface area (Å²) in [6.45, 7) is 3.89. The second kappa shape index (κ2) is 4.49. The molecule has 2 heteroatoms. The fourth-order valence-electron chi connectivity index (χ4n) is 2.00. The number of nitrogens with zero attached hydrogens (tertiary/aromatic N) is 1. The fourth-order valence-corrected chi connectivity index (χ4v) is 2.00. The van der Waals surface area contributed by atoms with Gasteiger partial charge in [0, 0.05) is 19.9 Å². The molecule has 0 aliphatic heterocycles. The first-order chi connectivity index (χ1) is 7.36. The third-order valence-corrected chi connectivity index (χ3v) is 2.79. The Labute approximate surface area is 90.5 Å². The highest BCUT2D eigenvalue weighted by Crippen LogP contribution is 2.20. The summed E-state index contributed by atoms with van der Waals surface area (Å²) in [5.41, 5.74) is 2.77. The summed E-state index contributed by atoms with van der Waals surface area (Å²) in [5.74, 6) is 0. The van der Waals surface area contributed by atoms with E-state index < -0.39 is 0 Å². The van der Waals surface area contributed by atoms with E-state index in [1.54, 1.807) is 7.11 Å². The van der Waals surface area contributed by atoms with Crippen molar-refractivity contribution < 1.29 is 4.74 Å². The molecule has 0 saturated carbocycles. The van der Waals surface area contributed by atoms with Crippen molar-refractivity contribution in [2.45, 2.75) is 19.9 Å². The molecule has 2 rings (SSSR count). The molecule has 0 fully saturated rings. The molecule has 1 heterocycles. The summed E-state index contributed by atoms with van der Waals surface area (Å²) in [6.07, 6.45) is 3.22. The molecule has 0 radical (unpaired) electrons. The van der Waals surface area contributed by atoms with E-state index in [1.165, 1.54) is 16.5 Å². The van der Waals surface area contributed by atoms with Crippen LogP contribution in [0.1, 0.15) is 12.5 Å². The molecule has 0 saturated heterocycles. The Morgan fingerprint density at radius 1 is 1.27 bits per heavy atom. The lowest BCUT2D eigenvalue weighted by molar-refractivity contribution is 0.188. The van der Waals surface area contributed by atoms with Gasteiger partial charge in [0.1, 0.15) is 0 Å². The van der Waals surface area contributed by atoms with Crippen LogP contribution in [0.5, 0.6) is 0 Å². The Morgan fingerprint density at radius 3 is 2.87 bits per heavy atom. The van der Waals surface area contributed by atoms with E-state index in [2.05, 4.69) is 42.0 Å². The van der Waals surface area contributed by atoms with E-state index in [1.807, 2.05) is 0 Å². The summed E-state index contributed by atoms with van der Waals surface area (Å²) >= 11 is 0. The van der Waals surface area contributed by atoms with Gasteiger partial charge in [-0.1, -0.05) is 25.1 Å². The Kier molecular flexibility index (Phi) is 3.07. The van der Waals surface area contributed by atoms with Crippen molar-refractivity contribution in [3.63, 3.8) is 0 Å². The van der Waals surface area contributed by atoms with Crippen LogP contribution in [-0.4, -0.2) is 18.3 Å². The van der Waals surface area contributed by atoms with Crippen molar-refractivity contribution in [3.05, 3.63) is 36.0 Å². The SMILES string of the molecule is CCc1cccc2ccn(CCOC)c12. The molecule has 0 bridgehead atoms. The first-order valence-corrected chi connectivity index (χ1v) is 5.42. The van der Waals surface area contributed by atoms with Crippen LogP contribution >= 0.6 is 0 Å². The van der Waals surface area contributed by atoms with Crippen molar-refractivity contribution in [2.24, 2.45) is 0 Å². The third-order valence-electron chi connectivity index (χ3n) is 2.79. The number of para-hydroxylation sites is 1. The molecule has 1 aromatic carbocycles. The molecule has 0 aliphatic rings. The monoisotopic (exact) mass is 203 g/mol. The Hall–Kier alpha value is -1.28. The van der Waals surface area contributed by atoms with Crippen LogP contribution in [0.25, 0.3) is 10.9 Å². The van der Waals surface area contributed by atoms with E-state index in [9.17, 15) is 0 Å². The molecule has 0 unspecified atom stereocenters. The number of fused-ring (bicyclic) bond motifs is 1. The Morgan fingerprint density at radius 2 is 2.13 bits per heavy atom. The summed E-state index contributed by atoms with van der Waals surface area (Å²) < 4.78 is 7.39. The molecule has 0 spiro atoms. The summed E-state index contributed by atoms with van der Waals surface area (Å²) in [6, 6.07) is 8.66. The molecule has 15 heavy (non-hydrogen) atoms. The van der Waals surface area contributed by atoms with Gasteiger partial charge in [-0.2, -0.15) is 0 Å². The van der Waals surface area contributed by atoms with Gasteiger partial charge < -0.3 is 9.30 Å². The Bertz CT molecular complexity index is 445. The van der Waals surface area contributed by atoms with Crippen LogP contribution in [0.3, 0.4) is 0 Å². The van der Waals surface area contributed by atoms with Crippen LogP contribution in [0, 0.1) is 0 Å². The van der Waals surface area contributed by atoms with E-state index >= 15 is 0 Å². The largest absolute Gasteiger partial charge is 0.383 e. The second-order valence-corrected chi connectivity index (χ2v) is 3.71. The molecule has 2 aromatic rings. The molecule has 0 N–H and O–H groups in total. The van der Waals surface area contributed by atoms with Crippen LogP contribution in [0.4, 0.5) is 0 Å². The van der Waals surface area contributed by atoms with Crippen molar-refractivity contribution in [3.8, 4) is 0 Å². The van der Waals surface area contributed by atoms with Gasteiger partial charge in [-0.3, -0.25) is 0 Å². The summed E-state index contributed by atoms with van der Waals surface area (Å²) in [4.78, 5) is 0. The van der Waals surface area contributed by atoms with E-state index in [0.717, 1.165) is 19.6 Å². The van der Waals surface area contributed by atoms with Crippen molar-refractivity contribution in [1.82, 2.24) is 4.57 Å². The maximum Gasteiger partial charge on any atom is 0.0641 e. The van der Waals surface area contributed by atoms with E-state index in [0.29, 0.717) is 0 Å². The zero-order valence-electron chi connectivity index (χ0n) is 9.36. The fraction of sp³-hybridized carbons (Fsp3) is 0.385. The molecule has 0 aliphatic carbocycles. The number of aromatic nitrogens is 1. The van der Waals surface area contributed by atoms with Gasteiger partial charge >= 0.3 is 0 Å². The summed E-state index contributed by atoms with van der Waals surface area (Å²) in [7, 11) is 1.74. The van der Waals surface area contributed by atoms with E-state index in [4.69, 9.17) is 4.74 Å². The van der Waals surface area contributed by atoms with Crippen LogP contribution in [-0.2, 0) is 17.7 Å². The molecular formula is C13H17NO. The van der Waals surface area contributed by atoms with Crippen LogP contribution in [0.2, 0.25) is 0 Å². The number of hydrogen-bond acceptors (Lipinski definition) is 1. The molecule has 0 atom stereocenters. The summed E-state index contributed by atoms with van der Waals surface area (Å²) in [5, 5.41) is 1.32. The molecular weight excluding hydrogens is 186 g/mol. The van der Waals surface area contributed by atoms with Gasteiger partial charge in [-0.25, -0.2) is 0 Å². The predicted molar refractivity (Wildman–Crippen MR) is 63.2 cm³/mol. The van der Waals surface area contributed by atoms with Gasteiger partial charge in [0.2, 0.25) is 0 Å². The first-order valence-electron chi connectivity index (χ1n) is 5.42. The molecule has 0 amide bonds. The number of methoxy groups -OCH3 is 1. The number of aryl methyl sites for hydroxylation is 1. The second-order valence-electron chi connectivity index (χ2n) is 3.71. The predicted octanol–water partition coefficient (Wildman–Crippen LogP) is 2.85. The van der Waals surface area contributed by atoms with Crippen LogP contribution in [0.15, 0.2) is 30.5 Å². The number of benzene rings is 1. The number of rotatable bonds is 4. The van der Waals surface area contributed by atoms with Crippen molar-refractivity contribution >= 4 is 10.9 Å². The maximum absolute atomic E-state index is 5.12. The van der Waals surface area contributed by atoms with Crippen LogP contribution < -0.4 is 0 Å². The molecule has 1 aromatic heterocycles. The quantitative estimate of drug-likeness (QED) is 0.745. The van der Waals surface area contributed by atoms with Gasteiger partial charge in [0.05, 0.1) is 12.1 Å². The lowest BCUT2D eigenvalue weighted by Crippen LogP contribution is -2.03. The van der Waals surface area contributed by atoms with Crippen molar-refractivity contribution in [2.75, 3.05) is 13.7 Å². The first kappa shape index (κ1) is 10.2. The van der Waals surface area contributed by atoms with Gasteiger partial charge in [-0.05, 0) is 23.4 Å². The maximum atomic E-state index is 5.12. The average molecular weight is 203 g/mol. The number of ether oxygens (including phenoxy) is 1.